The molecular formula is C62H110NO7P. The average molecular weight is 1010 g/mol. The molecule has 2 atom stereocenters. The van der Waals surface area contributed by atoms with E-state index in [0.29, 0.717) is 24.1 Å². The van der Waals surface area contributed by atoms with Crippen molar-refractivity contribution < 1.29 is 37.3 Å². The van der Waals surface area contributed by atoms with E-state index in [1.807, 2.05) is 21.1 Å². The number of esters is 1. The molecule has 0 saturated carbocycles. The molecule has 0 radical (unpaired) electrons. The first-order valence-corrected chi connectivity index (χ1v) is 30.4. The molecule has 0 saturated heterocycles. The zero-order chi connectivity index (χ0) is 51.9. The summed E-state index contributed by atoms with van der Waals surface area (Å²) in [6, 6.07) is 0. The molecule has 0 aromatic rings. The van der Waals surface area contributed by atoms with E-state index in [0.717, 1.165) is 83.5 Å². The number of ether oxygens (including phenoxy) is 2. The van der Waals surface area contributed by atoms with Gasteiger partial charge in [-0.1, -0.05) is 227 Å². The Bertz CT molecular complexity index is 1460. The SMILES string of the molecule is CC/C=C\C/C=C\C/C=C\C/C=C\C/C=C\CCCCCCCCCCOCC(COP(=O)([O-])OCC[N+](C)(C)C)OC(=O)CCCCCCCCCCCC/C=C\C/C=C\C/C=C\CCCCCCC. The van der Waals surface area contributed by atoms with E-state index in [9.17, 15) is 14.3 Å². The fourth-order valence-electron chi connectivity index (χ4n) is 7.70. The number of likely N-dealkylation sites (N-methyl/N-ethyl adjacent to an activating group) is 1. The van der Waals surface area contributed by atoms with Gasteiger partial charge in [0.05, 0.1) is 34.4 Å². The van der Waals surface area contributed by atoms with Crippen molar-refractivity contribution in [3.05, 3.63) is 97.2 Å². The lowest BCUT2D eigenvalue weighted by Crippen LogP contribution is -2.37. The highest BCUT2D eigenvalue weighted by molar-refractivity contribution is 7.45. The Balaban J connectivity index is 4.13. The molecule has 0 aliphatic heterocycles. The number of allylic oxidation sites excluding steroid dienone is 16. The van der Waals surface area contributed by atoms with Crippen molar-refractivity contribution in [1.82, 2.24) is 0 Å². The van der Waals surface area contributed by atoms with Gasteiger partial charge in [0.2, 0.25) is 0 Å². The van der Waals surface area contributed by atoms with Gasteiger partial charge in [-0.25, -0.2) is 0 Å². The van der Waals surface area contributed by atoms with Crippen molar-refractivity contribution >= 4 is 13.8 Å². The van der Waals surface area contributed by atoms with Gasteiger partial charge in [-0.2, -0.15) is 0 Å². The molecule has 0 spiro atoms. The second-order valence-electron chi connectivity index (χ2n) is 20.3. The molecule has 8 nitrogen and oxygen atoms in total. The second-order valence-corrected chi connectivity index (χ2v) is 21.7. The monoisotopic (exact) mass is 1010 g/mol. The molecule has 0 aromatic carbocycles. The maximum absolute atomic E-state index is 12.8. The predicted octanol–water partition coefficient (Wildman–Crippen LogP) is 17.9. The smallest absolute Gasteiger partial charge is 0.306 e. The molecule has 0 N–H and O–H groups in total. The van der Waals surface area contributed by atoms with Crippen LogP contribution < -0.4 is 4.89 Å². The van der Waals surface area contributed by atoms with E-state index >= 15 is 0 Å². The third-order valence-electron chi connectivity index (χ3n) is 12.1. The van der Waals surface area contributed by atoms with Gasteiger partial charge in [0.1, 0.15) is 19.3 Å². The first-order valence-electron chi connectivity index (χ1n) is 29.0. The summed E-state index contributed by atoms with van der Waals surface area (Å²) >= 11 is 0. The Morgan fingerprint density at radius 3 is 1.23 bits per heavy atom. The summed E-state index contributed by atoms with van der Waals surface area (Å²) in [6.45, 7) is 5.26. The van der Waals surface area contributed by atoms with Crippen LogP contribution in [0.2, 0.25) is 0 Å². The number of carbonyl (C=O) groups excluding carboxylic acids is 1. The minimum atomic E-state index is -4.55. The molecule has 0 aliphatic carbocycles. The Kier molecular flexibility index (Phi) is 51.8. The summed E-state index contributed by atoms with van der Waals surface area (Å²) in [5.74, 6) is -0.343. The van der Waals surface area contributed by atoms with E-state index in [1.165, 1.54) is 128 Å². The van der Waals surface area contributed by atoms with E-state index in [2.05, 4.69) is 111 Å². The van der Waals surface area contributed by atoms with Crippen LogP contribution in [0, 0.1) is 0 Å². The van der Waals surface area contributed by atoms with Crippen LogP contribution in [-0.4, -0.2) is 70.7 Å². The van der Waals surface area contributed by atoms with Gasteiger partial charge in [-0.15, -0.1) is 0 Å². The molecule has 0 fully saturated rings. The van der Waals surface area contributed by atoms with Crippen LogP contribution in [-0.2, 0) is 27.9 Å². The number of hydrogen-bond donors (Lipinski definition) is 0. The highest BCUT2D eigenvalue weighted by Gasteiger charge is 2.20. The maximum atomic E-state index is 12.8. The van der Waals surface area contributed by atoms with Crippen molar-refractivity contribution in [2.45, 2.75) is 238 Å². The number of quaternary nitrogens is 1. The highest BCUT2D eigenvalue weighted by atomic mass is 31.2. The van der Waals surface area contributed by atoms with Crippen molar-refractivity contribution in [3.8, 4) is 0 Å². The van der Waals surface area contributed by atoms with Crippen molar-refractivity contribution in [2.24, 2.45) is 0 Å². The van der Waals surface area contributed by atoms with Crippen LogP contribution in [0.25, 0.3) is 0 Å². The Hall–Kier alpha value is -2.58. The third-order valence-corrected chi connectivity index (χ3v) is 13.1. The molecule has 0 heterocycles. The summed E-state index contributed by atoms with van der Waals surface area (Å²) in [7, 11) is 1.34. The van der Waals surface area contributed by atoms with Crippen LogP contribution in [0.3, 0.4) is 0 Å². The molecular weight excluding hydrogens is 902 g/mol. The Morgan fingerprint density at radius 2 is 0.817 bits per heavy atom. The van der Waals surface area contributed by atoms with E-state index < -0.39 is 13.9 Å². The Labute approximate surface area is 438 Å². The summed E-state index contributed by atoms with van der Waals surface area (Å²) < 4.78 is 34.9. The fraction of sp³-hybridized carbons (Fsp3) is 0.726. The first-order chi connectivity index (χ1) is 34.6. The van der Waals surface area contributed by atoms with Crippen molar-refractivity contribution in [1.29, 1.82) is 0 Å². The van der Waals surface area contributed by atoms with Crippen LogP contribution in [0.4, 0.5) is 0 Å². The lowest BCUT2D eigenvalue weighted by molar-refractivity contribution is -0.870. The van der Waals surface area contributed by atoms with Crippen LogP contribution in [0.1, 0.15) is 232 Å². The predicted molar refractivity (Wildman–Crippen MR) is 305 cm³/mol. The van der Waals surface area contributed by atoms with Gasteiger partial charge in [0.25, 0.3) is 7.82 Å². The molecule has 0 rings (SSSR count). The Morgan fingerprint density at radius 1 is 0.451 bits per heavy atom. The fourth-order valence-corrected chi connectivity index (χ4v) is 8.43. The normalized spacial score (nSPS) is 14.2. The van der Waals surface area contributed by atoms with Gasteiger partial charge in [0.15, 0.2) is 0 Å². The molecule has 0 aromatic heterocycles. The second kappa shape index (κ2) is 53.7. The number of phosphoric acid groups is 1. The zero-order valence-electron chi connectivity index (χ0n) is 46.6. The number of unbranched alkanes of at least 4 members (excludes halogenated alkanes) is 23. The van der Waals surface area contributed by atoms with Gasteiger partial charge >= 0.3 is 5.97 Å². The first kappa shape index (κ1) is 68.4. The number of rotatable bonds is 53. The molecule has 71 heavy (non-hydrogen) atoms. The molecule has 9 heteroatoms. The van der Waals surface area contributed by atoms with Crippen LogP contribution in [0.15, 0.2) is 97.2 Å². The van der Waals surface area contributed by atoms with E-state index in [1.54, 1.807) is 0 Å². The number of carbonyl (C=O) groups is 1. The quantitative estimate of drug-likeness (QED) is 0.0197. The number of phosphoric ester groups is 1. The summed E-state index contributed by atoms with van der Waals surface area (Å²) in [5.41, 5.74) is 0. The summed E-state index contributed by atoms with van der Waals surface area (Å²) in [5, 5.41) is 0. The minimum Gasteiger partial charge on any atom is -0.756 e. The molecule has 0 bridgehead atoms. The van der Waals surface area contributed by atoms with E-state index in [-0.39, 0.29) is 25.8 Å². The van der Waals surface area contributed by atoms with Crippen LogP contribution >= 0.6 is 7.82 Å². The zero-order valence-corrected chi connectivity index (χ0v) is 47.5. The minimum absolute atomic E-state index is 0.0186. The van der Waals surface area contributed by atoms with Crippen LogP contribution in [0.5, 0.6) is 0 Å². The lowest BCUT2D eigenvalue weighted by atomic mass is 10.0. The third kappa shape index (κ3) is 58.2. The highest BCUT2D eigenvalue weighted by Crippen LogP contribution is 2.38. The standard InChI is InChI=1S/C62H110NO7P/c1-6-8-10-12-14-16-18-20-22-24-26-28-30-32-33-35-37-39-41-43-45-47-49-51-53-55-62(64)70-61(60-69-71(65,66)68-58-56-63(3,4)5)59-67-57-54-52-50-48-46-44-42-40-38-36-34-31-29-27-25-23-21-19-17-15-13-11-9-7-2/h9,11,15,17-18,20-21,23-24,26-27,29-30,32,34,36,61H,6-8,10,12-14,16,19,22,25,28,31,33,35,37-60H2,1-5H3/b11-9-,17-15-,20-18-,23-21-,26-24-,29-27-,32-30-,36-34-. The molecule has 2 unspecified atom stereocenters. The van der Waals surface area contributed by atoms with Gasteiger partial charge in [-0.3, -0.25) is 9.36 Å². The van der Waals surface area contributed by atoms with Crippen molar-refractivity contribution in [3.63, 3.8) is 0 Å². The lowest BCUT2D eigenvalue weighted by Gasteiger charge is -2.28. The average Bonchev–Trinajstić information content (AvgIpc) is 3.33. The maximum Gasteiger partial charge on any atom is 0.306 e. The van der Waals surface area contributed by atoms with Crippen molar-refractivity contribution in [2.75, 3.05) is 54.1 Å². The summed E-state index contributed by atoms with van der Waals surface area (Å²) in [6.07, 6.45) is 74.4. The number of nitrogens with zero attached hydrogens (tertiary/aromatic N) is 1. The topological polar surface area (TPSA) is 94.1 Å². The molecule has 0 amide bonds. The molecule has 0 aliphatic rings. The number of hydrogen-bond acceptors (Lipinski definition) is 7. The van der Waals surface area contributed by atoms with E-state index in [4.69, 9.17) is 18.5 Å². The van der Waals surface area contributed by atoms with Gasteiger partial charge in [-0.05, 0) is 96.3 Å². The summed E-state index contributed by atoms with van der Waals surface area (Å²) in [4.78, 5) is 25.3. The van der Waals surface area contributed by atoms with Gasteiger partial charge < -0.3 is 27.9 Å². The van der Waals surface area contributed by atoms with Gasteiger partial charge in [0, 0.05) is 13.0 Å². The largest absolute Gasteiger partial charge is 0.756 e. The molecule has 410 valence electrons.